The van der Waals surface area contributed by atoms with Crippen molar-refractivity contribution in [2.45, 2.75) is 53.9 Å². The molecule has 0 aliphatic carbocycles. The fraction of sp³-hybridized carbons (Fsp3) is 0.343. The predicted molar refractivity (Wildman–Crippen MR) is 205 cm³/mol. The van der Waals surface area contributed by atoms with Gasteiger partial charge in [0.15, 0.2) is 19.9 Å². The van der Waals surface area contributed by atoms with E-state index >= 15 is 0 Å². The Morgan fingerprint density at radius 3 is 2.16 bits per heavy atom. The Kier molecular flexibility index (Phi) is 13.7. The van der Waals surface area contributed by atoms with Crippen LogP contribution >= 0.6 is 39.5 Å². The maximum absolute atomic E-state index is 13.2. The van der Waals surface area contributed by atoms with Gasteiger partial charge in [-0.15, -0.1) is 23.5 Å². The van der Waals surface area contributed by atoms with Crippen molar-refractivity contribution in [1.29, 1.82) is 0 Å². The highest BCUT2D eigenvalue weighted by atomic mass is 32.2. The predicted octanol–water partition coefficient (Wildman–Crippen LogP) is 8.92. The van der Waals surface area contributed by atoms with Crippen LogP contribution in [0.5, 0.6) is 0 Å². The number of hydrogen-bond acceptors (Lipinski definition) is 12. The van der Waals surface area contributed by atoms with Gasteiger partial charge in [0.05, 0.1) is 43.3 Å². The highest BCUT2D eigenvalue weighted by Crippen LogP contribution is 2.58. The Bertz CT molecular complexity index is 1750. The highest BCUT2D eigenvalue weighted by molar-refractivity contribution is 8.05. The van der Waals surface area contributed by atoms with Gasteiger partial charge in [-0.2, -0.15) is 0 Å². The minimum Gasteiger partial charge on any atom is -0.399 e. The van der Waals surface area contributed by atoms with Crippen molar-refractivity contribution < 1.29 is 27.5 Å². The standard InChI is InChI=1S/C35H43N5O6P2S2/c1-5-45-48(42,46-6-2)24(4)50-31-17-13-29(14-18-31)39-35(41)33-34(37)38-20-32(40-33)27-9-7-25(8-10-27)19-26-21-43-47(44-22-26)23(3)49-30-15-11-28(36)12-16-30/h7-18,20,23-24,26H,5-6,19,21-22,36H2,1-4H3,(H2,37,38)(H,39,41). The van der Waals surface area contributed by atoms with Crippen LogP contribution in [-0.4, -0.2) is 52.3 Å². The van der Waals surface area contributed by atoms with E-state index in [4.69, 9.17) is 29.6 Å². The first kappa shape index (κ1) is 38.2. The first-order valence-corrected chi connectivity index (χ1v) is 20.9. The molecule has 2 heterocycles. The number of hydrogen-bond donors (Lipinski definition) is 3. The van der Waals surface area contributed by atoms with Crippen molar-refractivity contribution in [2.75, 3.05) is 43.2 Å². The molecule has 5 N–H and O–H groups in total. The molecule has 50 heavy (non-hydrogen) atoms. The van der Waals surface area contributed by atoms with Crippen LogP contribution in [-0.2, 0) is 29.1 Å². The normalized spacial score (nSPS) is 17.6. The summed E-state index contributed by atoms with van der Waals surface area (Å²) in [6.07, 6.45) is 2.38. The fourth-order valence-corrected chi connectivity index (χ4v) is 11.2. The van der Waals surface area contributed by atoms with Crippen LogP contribution < -0.4 is 16.8 Å². The molecule has 2 unspecified atom stereocenters. The zero-order valence-electron chi connectivity index (χ0n) is 28.5. The molecule has 1 saturated heterocycles. The van der Waals surface area contributed by atoms with Crippen LogP contribution in [0.2, 0.25) is 0 Å². The molecule has 2 atom stereocenters. The van der Waals surface area contributed by atoms with Crippen LogP contribution in [0.1, 0.15) is 43.7 Å². The van der Waals surface area contributed by atoms with Crippen molar-refractivity contribution >= 4 is 62.6 Å². The summed E-state index contributed by atoms with van der Waals surface area (Å²) in [5.74, 6) is -0.189. The molecule has 15 heteroatoms. The lowest BCUT2D eigenvalue weighted by Crippen LogP contribution is -2.23. The molecule has 0 radical (unpaired) electrons. The number of amides is 1. The summed E-state index contributed by atoms with van der Waals surface area (Å²) in [6, 6.07) is 23.1. The summed E-state index contributed by atoms with van der Waals surface area (Å²) >= 11 is 3.12. The lowest BCUT2D eigenvalue weighted by molar-refractivity contribution is 0.102. The number of aromatic nitrogens is 2. The van der Waals surface area contributed by atoms with Gasteiger partial charge in [-0.05, 0) is 88.2 Å². The number of benzene rings is 3. The first-order chi connectivity index (χ1) is 24.1. The Morgan fingerprint density at radius 2 is 1.54 bits per heavy atom. The largest absolute Gasteiger partial charge is 0.399 e. The van der Waals surface area contributed by atoms with Gasteiger partial charge in [0, 0.05) is 32.6 Å². The molecule has 1 aromatic heterocycles. The lowest BCUT2D eigenvalue weighted by atomic mass is 9.99. The monoisotopic (exact) mass is 755 g/mol. The van der Waals surface area contributed by atoms with E-state index in [-0.39, 0.29) is 22.4 Å². The molecule has 1 amide bonds. The van der Waals surface area contributed by atoms with Gasteiger partial charge in [-0.25, -0.2) is 9.97 Å². The van der Waals surface area contributed by atoms with Gasteiger partial charge < -0.3 is 34.9 Å². The number of rotatable bonds is 15. The van der Waals surface area contributed by atoms with Crippen molar-refractivity contribution in [2.24, 2.45) is 5.92 Å². The third-order valence-corrected chi connectivity index (χ3v) is 14.9. The number of anilines is 3. The third-order valence-electron chi connectivity index (χ3n) is 7.63. The van der Waals surface area contributed by atoms with Crippen molar-refractivity contribution in [3.05, 3.63) is 90.3 Å². The summed E-state index contributed by atoms with van der Waals surface area (Å²) < 4.78 is 36.3. The number of nitrogens with zero attached hydrogens (tertiary/aromatic N) is 2. The molecule has 1 aliphatic rings. The zero-order chi connectivity index (χ0) is 35.7. The molecule has 0 bridgehead atoms. The SMILES string of the molecule is CCOP(=O)(OCC)C(C)Sc1ccc(NC(=O)c2nc(-c3ccc(CC4COP(C(C)Sc5ccc(N)cc5)OC4)cc3)cnc2N)cc1. The molecule has 4 aromatic rings. The van der Waals surface area contributed by atoms with E-state index in [1.165, 1.54) is 11.8 Å². The van der Waals surface area contributed by atoms with Crippen LogP contribution in [0.4, 0.5) is 17.2 Å². The average molecular weight is 756 g/mol. The summed E-state index contributed by atoms with van der Waals surface area (Å²) in [5, 5.41) is 2.84. The van der Waals surface area contributed by atoms with Gasteiger partial charge in [-0.1, -0.05) is 24.3 Å². The minimum atomic E-state index is -3.26. The Morgan fingerprint density at radius 1 is 0.940 bits per heavy atom. The van der Waals surface area contributed by atoms with Gasteiger partial charge >= 0.3 is 7.60 Å². The van der Waals surface area contributed by atoms with E-state index in [9.17, 15) is 9.36 Å². The fourth-order valence-electron chi connectivity index (χ4n) is 5.08. The topological polar surface area (TPSA) is 161 Å². The average Bonchev–Trinajstić information content (AvgIpc) is 3.11. The Hall–Kier alpha value is -2.99. The molecule has 0 spiro atoms. The van der Waals surface area contributed by atoms with E-state index < -0.39 is 26.9 Å². The molecule has 1 fully saturated rings. The molecule has 266 valence electrons. The van der Waals surface area contributed by atoms with Gasteiger partial charge in [0.1, 0.15) is 4.99 Å². The minimum absolute atomic E-state index is 0.0322. The Labute approximate surface area is 303 Å². The van der Waals surface area contributed by atoms with Gasteiger partial charge in [0.2, 0.25) is 0 Å². The van der Waals surface area contributed by atoms with Gasteiger partial charge in [0.25, 0.3) is 5.91 Å². The third kappa shape index (κ3) is 10.3. The number of nitrogens with two attached hydrogens (primary N) is 2. The summed E-state index contributed by atoms with van der Waals surface area (Å²) in [4.78, 5) is 23.8. The van der Waals surface area contributed by atoms with Crippen LogP contribution in [0, 0.1) is 5.92 Å². The summed E-state index contributed by atoms with van der Waals surface area (Å²) in [5.41, 5.74) is 15.7. The molecule has 1 aliphatic heterocycles. The first-order valence-electron chi connectivity index (χ1n) is 16.3. The molecular weight excluding hydrogens is 712 g/mol. The molecule has 3 aromatic carbocycles. The number of nitrogens with one attached hydrogen (secondary N) is 1. The molecule has 5 rings (SSSR count). The highest BCUT2D eigenvalue weighted by Gasteiger charge is 2.33. The number of carbonyl (C=O) groups is 1. The zero-order valence-corrected chi connectivity index (χ0v) is 31.9. The Balaban J connectivity index is 1.14. The maximum atomic E-state index is 13.2. The second kappa shape index (κ2) is 18.0. The molecule has 11 nitrogen and oxygen atoms in total. The van der Waals surface area contributed by atoms with Crippen molar-refractivity contribution in [3.63, 3.8) is 0 Å². The van der Waals surface area contributed by atoms with E-state index in [0.29, 0.717) is 37.8 Å². The number of nitrogen functional groups attached to an aromatic ring is 2. The van der Waals surface area contributed by atoms with E-state index in [1.807, 2.05) is 67.6 Å². The maximum Gasteiger partial charge on any atom is 0.343 e. The van der Waals surface area contributed by atoms with Crippen LogP contribution in [0.3, 0.4) is 0 Å². The second-order valence-corrected chi connectivity index (χ2v) is 19.2. The van der Waals surface area contributed by atoms with Crippen molar-refractivity contribution in [1.82, 2.24) is 9.97 Å². The molecular formula is C35H43N5O6P2S2. The van der Waals surface area contributed by atoms with Gasteiger partial charge in [-0.3, -0.25) is 9.36 Å². The number of carbonyl (C=O) groups excluding carboxylic acids is 1. The van der Waals surface area contributed by atoms with Crippen LogP contribution in [0.15, 0.2) is 88.8 Å². The molecule has 0 saturated carbocycles. The smallest absolute Gasteiger partial charge is 0.343 e. The van der Waals surface area contributed by atoms with E-state index in [0.717, 1.165) is 33.0 Å². The lowest BCUT2D eigenvalue weighted by Gasteiger charge is -2.31. The summed E-state index contributed by atoms with van der Waals surface area (Å²) in [7, 11) is -4.25. The van der Waals surface area contributed by atoms with E-state index in [2.05, 4.69) is 22.2 Å². The van der Waals surface area contributed by atoms with E-state index in [1.54, 1.807) is 43.9 Å². The quantitative estimate of drug-likeness (QED) is 0.0601. The van der Waals surface area contributed by atoms with Crippen molar-refractivity contribution in [3.8, 4) is 11.3 Å². The summed E-state index contributed by atoms with van der Waals surface area (Å²) in [6.45, 7) is 9.41. The second-order valence-electron chi connectivity index (χ2n) is 11.5. The van der Waals surface area contributed by atoms with Crippen LogP contribution in [0.25, 0.3) is 11.3 Å². The number of thioether (sulfide) groups is 2.